The molecule has 188 valence electrons. The minimum Gasteiger partial charge on any atom is -0.318 e. The summed E-state index contributed by atoms with van der Waals surface area (Å²) in [7, 11) is 0. The fourth-order valence-electron chi connectivity index (χ4n) is 3.61. The number of amides is 1. The molecule has 0 saturated heterocycles. The first-order valence-corrected chi connectivity index (χ1v) is 11.7. The molecular weight excluding hydrogens is 552 g/mol. The first-order valence-electron chi connectivity index (χ1n) is 10.6. The molecule has 0 fully saturated rings. The zero-order chi connectivity index (χ0) is 26.3. The Balaban J connectivity index is 1.43. The lowest BCUT2D eigenvalue weighted by molar-refractivity contribution is -0.142. The highest BCUT2D eigenvalue weighted by molar-refractivity contribution is 6.36. The number of aromatic nitrogens is 5. The summed E-state index contributed by atoms with van der Waals surface area (Å²) < 4.78 is 43.6. The Bertz CT molecular complexity index is 1610. The summed E-state index contributed by atoms with van der Waals surface area (Å²) in [6, 6.07) is 13.4. The van der Waals surface area contributed by atoms with Crippen LogP contribution in [-0.2, 0) is 12.7 Å². The number of hydrogen-bond donors (Lipinski definition) is 1. The van der Waals surface area contributed by atoms with Gasteiger partial charge in [-0.05, 0) is 30.3 Å². The molecule has 0 saturated carbocycles. The third-order valence-corrected chi connectivity index (χ3v) is 6.32. The van der Waals surface area contributed by atoms with Gasteiger partial charge >= 0.3 is 6.18 Å². The van der Waals surface area contributed by atoms with Crippen molar-refractivity contribution in [2.24, 2.45) is 0 Å². The summed E-state index contributed by atoms with van der Waals surface area (Å²) in [6.07, 6.45) is -1.83. The summed E-state index contributed by atoms with van der Waals surface area (Å²) in [6.45, 7) is 0.245. The van der Waals surface area contributed by atoms with Crippen LogP contribution in [0.1, 0.15) is 21.7 Å². The van der Waals surface area contributed by atoms with E-state index >= 15 is 0 Å². The summed E-state index contributed by atoms with van der Waals surface area (Å²) >= 11 is 18.3. The van der Waals surface area contributed by atoms with Crippen molar-refractivity contribution in [2.45, 2.75) is 12.7 Å². The van der Waals surface area contributed by atoms with Crippen molar-refractivity contribution >= 4 is 52.0 Å². The van der Waals surface area contributed by atoms with Crippen LogP contribution < -0.4 is 5.32 Å². The smallest absolute Gasteiger partial charge is 0.318 e. The maximum atomic E-state index is 13.8. The third kappa shape index (κ3) is 5.27. The van der Waals surface area contributed by atoms with Crippen LogP contribution in [0.5, 0.6) is 0 Å². The molecule has 0 aliphatic carbocycles. The molecule has 0 atom stereocenters. The second-order valence-electron chi connectivity index (χ2n) is 7.91. The van der Waals surface area contributed by atoms with E-state index in [1.807, 2.05) is 0 Å². The average molecular weight is 566 g/mol. The van der Waals surface area contributed by atoms with E-state index in [2.05, 4.69) is 20.5 Å². The second-order valence-corrected chi connectivity index (χ2v) is 9.16. The van der Waals surface area contributed by atoms with E-state index < -0.39 is 17.8 Å². The number of benzene rings is 2. The van der Waals surface area contributed by atoms with Gasteiger partial charge in [0.1, 0.15) is 0 Å². The number of carbonyl (C=O) groups is 1. The summed E-state index contributed by atoms with van der Waals surface area (Å²) in [5.41, 5.74) is -0.0444. The first kappa shape index (κ1) is 25.1. The molecule has 2 aromatic carbocycles. The zero-order valence-electron chi connectivity index (χ0n) is 18.5. The van der Waals surface area contributed by atoms with Crippen molar-refractivity contribution < 1.29 is 18.0 Å². The van der Waals surface area contributed by atoms with Gasteiger partial charge in [-0.3, -0.25) is 9.48 Å². The predicted octanol–water partition coefficient (Wildman–Crippen LogP) is 6.87. The maximum Gasteiger partial charge on any atom is 0.433 e. The molecule has 1 amide bonds. The Morgan fingerprint density at radius 2 is 1.70 bits per heavy atom. The average Bonchev–Trinajstić information content (AvgIpc) is 3.47. The molecule has 3 aromatic heterocycles. The van der Waals surface area contributed by atoms with Crippen LogP contribution in [0.3, 0.4) is 0 Å². The van der Waals surface area contributed by atoms with Crippen LogP contribution in [0.25, 0.3) is 16.9 Å². The number of nitrogens with zero attached hydrogens (tertiary/aromatic N) is 5. The van der Waals surface area contributed by atoms with Crippen molar-refractivity contribution in [3.05, 3.63) is 99.0 Å². The van der Waals surface area contributed by atoms with Crippen LogP contribution in [0, 0.1) is 0 Å². The minimum absolute atomic E-state index is 0.0582. The zero-order valence-corrected chi connectivity index (χ0v) is 20.7. The summed E-state index contributed by atoms with van der Waals surface area (Å²) in [4.78, 5) is 17.1. The molecule has 5 aromatic rings. The van der Waals surface area contributed by atoms with E-state index in [1.165, 1.54) is 23.1 Å². The number of alkyl halides is 3. The normalized spacial score (nSPS) is 11.7. The number of carbonyl (C=O) groups excluding carboxylic acids is 1. The number of anilines is 1. The lowest BCUT2D eigenvalue weighted by Crippen LogP contribution is -2.15. The fraction of sp³-hybridized carbons (Fsp3) is 0.0833. The number of halogens is 6. The molecule has 3 heterocycles. The van der Waals surface area contributed by atoms with E-state index in [-0.39, 0.29) is 23.6 Å². The molecule has 0 aliphatic heterocycles. The van der Waals surface area contributed by atoms with Gasteiger partial charge in [-0.15, -0.1) is 0 Å². The van der Waals surface area contributed by atoms with Crippen LogP contribution in [0.2, 0.25) is 15.1 Å². The largest absolute Gasteiger partial charge is 0.433 e. The summed E-state index contributed by atoms with van der Waals surface area (Å²) in [5.74, 6) is -0.734. The summed E-state index contributed by atoms with van der Waals surface area (Å²) in [5, 5.41) is 12.0. The molecule has 1 N–H and O–H groups in total. The molecule has 37 heavy (non-hydrogen) atoms. The molecule has 0 radical (unpaired) electrons. The Morgan fingerprint density at radius 1 is 1.00 bits per heavy atom. The number of nitrogens with one attached hydrogen (secondary N) is 1. The molecule has 7 nitrogen and oxygen atoms in total. The molecular formula is C24H14Cl3F3N6O. The van der Waals surface area contributed by atoms with Crippen LogP contribution in [0.15, 0.2) is 67.0 Å². The van der Waals surface area contributed by atoms with Crippen molar-refractivity contribution in [1.82, 2.24) is 24.4 Å². The van der Waals surface area contributed by atoms with Gasteiger partial charge < -0.3 is 5.32 Å². The lowest BCUT2D eigenvalue weighted by atomic mass is 10.1. The minimum atomic E-state index is -4.75. The van der Waals surface area contributed by atoms with Crippen molar-refractivity contribution in [3.8, 4) is 11.3 Å². The van der Waals surface area contributed by atoms with Crippen molar-refractivity contribution in [3.63, 3.8) is 0 Å². The van der Waals surface area contributed by atoms with E-state index in [1.54, 1.807) is 42.5 Å². The van der Waals surface area contributed by atoms with Crippen molar-refractivity contribution in [2.75, 3.05) is 5.32 Å². The molecule has 13 heteroatoms. The van der Waals surface area contributed by atoms with Gasteiger partial charge in [-0.2, -0.15) is 23.4 Å². The quantitative estimate of drug-likeness (QED) is 0.252. The maximum absolute atomic E-state index is 13.8. The highest BCUT2D eigenvalue weighted by Crippen LogP contribution is 2.33. The van der Waals surface area contributed by atoms with Crippen LogP contribution in [0.4, 0.5) is 18.9 Å². The molecule has 0 aliphatic rings. The van der Waals surface area contributed by atoms with Gasteiger partial charge in [-0.1, -0.05) is 53.0 Å². The molecule has 0 bridgehead atoms. The van der Waals surface area contributed by atoms with Gasteiger partial charge in [0.05, 0.1) is 24.1 Å². The Morgan fingerprint density at radius 3 is 2.38 bits per heavy atom. The highest BCUT2D eigenvalue weighted by atomic mass is 35.5. The van der Waals surface area contributed by atoms with E-state index in [0.29, 0.717) is 36.4 Å². The fourth-order valence-corrected chi connectivity index (χ4v) is 4.25. The van der Waals surface area contributed by atoms with Gasteiger partial charge in [0.25, 0.3) is 5.91 Å². The number of hydrogen-bond acceptors (Lipinski definition) is 4. The lowest BCUT2D eigenvalue weighted by Gasteiger charge is -2.11. The second kappa shape index (κ2) is 9.70. The topological polar surface area (TPSA) is 77.1 Å². The Kier molecular flexibility index (Phi) is 6.57. The Hall–Kier alpha value is -3.60. The third-order valence-electron chi connectivity index (χ3n) is 5.36. The van der Waals surface area contributed by atoms with Crippen LogP contribution >= 0.6 is 34.8 Å². The van der Waals surface area contributed by atoms with Gasteiger partial charge in [0.2, 0.25) is 0 Å². The van der Waals surface area contributed by atoms with Gasteiger partial charge in [-0.25, -0.2) is 9.50 Å². The molecule has 0 spiro atoms. The molecule has 0 unspecified atom stereocenters. The number of fused-ring (bicyclic) bond motifs is 1. The van der Waals surface area contributed by atoms with Gasteiger partial charge in [0, 0.05) is 38.5 Å². The first-order chi connectivity index (χ1) is 17.6. The Labute approximate surface area is 222 Å². The number of rotatable bonds is 5. The van der Waals surface area contributed by atoms with Gasteiger partial charge in [0.15, 0.2) is 17.0 Å². The van der Waals surface area contributed by atoms with Crippen LogP contribution in [-0.4, -0.2) is 30.3 Å². The molecule has 5 rings (SSSR count). The SMILES string of the molecule is O=C(Nc1cnn(Cc2c(Cl)cccc2Cl)c1)c1cc2nc(-c3ccc(Cl)cc3)cc(C(F)(F)F)n2n1. The van der Waals surface area contributed by atoms with E-state index in [9.17, 15) is 18.0 Å². The van der Waals surface area contributed by atoms with Crippen molar-refractivity contribution in [1.29, 1.82) is 0 Å². The highest BCUT2D eigenvalue weighted by Gasteiger charge is 2.35. The standard InChI is InChI=1S/C24H14Cl3F3N6O/c25-14-6-4-13(5-7-14)19-8-21(24(28,29)30)36-22(33-19)9-20(34-36)23(37)32-15-10-31-35(11-15)12-16-17(26)2-1-3-18(16)27/h1-11H,12H2,(H,32,37). The monoisotopic (exact) mass is 564 g/mol. The van der Waals surface area contributed by atoms with E-state index in [0.717, 1.165) is 6.07 Å². The van der Waals surface area contributed by atoms with E-state index in [4.69, 9.17) is 34.8 Å². The predicted molar refractivity (Wildman–Crippen MR) is 134 cm³/mol.